The maximum atomic E-state index is 14.3. The molecular weight excluding hydrogens is 359 g/mol. The smallest absolute Gasteiger partial charge is 0.224 e. The van der Waals surface area contributed by atoms with Gasteiger partial charge in [-0.1, -0.05) is 0 Å². The lowest BCUT2D eigenvalue weighted by Crippen LogP contribution is -2.36. The van der Waals surface area contributed by atoms with Crippen LogP contribution >= 0.6 is 0 Å². The van der Waals surface area contributed by atoms with Crippen molar-refractivity contribution in [3.05, 3.63) is 42.9 Å². The summed E-state index contributed by atoms with van der Waals surface area (Å²) in [6.45, 7) is 1.89. The zero-order chi connectivity index (χ0) is 19.3. The highest BCUT2D eigenvalue weighted by Gasteiger charge is 2.28. The summed E-state index contributed by atoms with van der Waals surface area (Å²) in [5, 5.41) is 14.3. The Labute approximate surface area is 160 Å². The van der Waals surface area contributed by atoms with Crippen molar-refractivity contribution in [2.24, 2.45) is 0 Å². The number of halogens is 1. The van der Waals surface area contributed by atoms with Crippen LogP contribution in [0.4, 0.5) is 10.3 Å². The second-order valence-electron chi connectivity index (χ2n) is 7.81. The molecule has 0 unspecified atom stereocenters. The van der Waals surface area contributed by atoms with Crippen molar-refractivity contribution in [1.29, 1.82) is 0 Å². The second kappa shape index (κ2) is 6.27. The number of nitrogens with zero attached hydrogens (tertiary/aromatic N) is 4. The monoisotopic (exact) mass is 380 g/mol. The van der Waals surface area contributed by atoms with E-state index in [9.17, 15) is 9.50 Å². The fourth-order valence-electron chi connectivity index (χ4n) is 3.92. The Balaban J connectivity index is 1.43. The molecule has 0 saturated heterocycles. The van der Waals surface area contributed by atoms with E-state index in [-0.39, 0.29) is 11.9 Å². The van der Waals surface area contributed by atoms with Crippen molar-refractivity contribution in [2.45, 2.75) is 44.2 Å². The van der Waals surface area contributed by atoms with Crippen molar-refractivity contribution in [2.75, 3.05) is 5.32 Å². The molecule has 28 heavy (non-hydrogen) atoms. The number of hydrogen-bond acceptors (Lipinski definition) is 5. The summed E-state index contributed by atoms with van der Waals surface area (Å²) in [4.78, 5) is 16.2. The first-order chi connectivity index (χ1) is 13.5. The number of aromatic amines is 1. The van der Waals surface area contributed by atoms with Gasteiger partial charge >= 0.3 is 0 Å². The number of aromatic nitrogens is 5. The summed E-state index contributed by atoms with van der Waals surface area (Å²) in [6, 6.07) is 1.73. The normalized spacial score (nSPS) is 22.8. The topological polar surface area (TPSA) is 91.1 Å². The molecule has 0 spiro atoms. The summed E-state index contributed by atoms with van der Waals surface area (Å²) in [7, 11) is 0. The zero-order valence-electron chi connectivity index (χ0n) is 15.5. The molecule has 0 bridgehead atoms. The highest BCUT2D eigenvalue weighted by atomic mass is 19.1. The predicted molar refractivity (Wildman–Crippen MR) is 105 cm³/mol. The Bertz CT molecular complexity index is 1150. The van der Waals surface area contributed by atoms with Gasteiger partial charge in [-0.05, 0) is 38.7 Å². The van der Waals surface area contributed by atoms with Crippen LogP contribution in [0.1, 0.15) is 32.6 Å². The van der Waals surface area contributed by atoms with Crippen LogP contribution in [0.2, 0.25) is 0 Å². The molecule has 8 heteroatoms. The van der Waals surface area contributed by atoms with Crippen molar-refractivity contribution >= 4 is 22.6 Å². The fraction of sp³-hybridized carbons (Fsp3) is 0.350. The molecule has 0 atom stereocenters. The van der Waals surface area contributed by atoms with Crippen LogP contribution in [-0.4, -0.2) is 41.1 Å². The van der Waals surface area contributed by atoms with E-state index < -0.39 is 5.60 Å². The highest BCUT2D eigenvalue weighted by molar-refractivity contribution is 5.93. The molecule has 4 heterocycles. The number of aliphatic hydroxyl groups is 1. The molecule has 0 aliphatic heterocycles. The minimum Gasteiger partial charge on any atom is -0.390 e. The van der Waals surface area contributed by atoms with Gasteiger partial charge < -0.3 is 19.8 Å². The van der Waals surface area contributed by atoms with Crippen LogP contribution in [-0.2, 0) is 0 Å². The first-order valence-corrected chi connectivity index (χ1v) is 9.44. The van der Waals surface area contributed by atoms with Crippen LogP contribution in [0.25, 0.3) is 27.8 Å². The molecule has 5 rings (SSSR count). The lowest BCUT2D eigenvalue weighted by molar-refractivity contribution is 0.0196. The van der Waals surface area contributed by atoms with Crippen molar-refractivity contribution in [3.8, 4) is 11.1 Å². The molecule has 0 amide bonds. The molecule has 1 fully saturated rings. The fourth-order valence-corrected chi connectivity index (χ4v) is 3.92. The SMILES string of the molecule is C[C@]1(O)CC[C@H](Nc2ncc3c(-c4cc(F)c5nccn5c4)c[nH]c3n2)CC1. The van der Waals surface area contributed by atoms with Gasteiger partial charge in [0.05, 0.1) is 5.60 Å². The highest BCUT2D eigenvalue weighted by Crippen LogP contribution is 2.31. The third kappa shape index (κ3) is 2.99. The van der Waals surface area contributed by atoms with Gasteiger partial charge in [0.2, 0.25) is 5.95 Å². The van der Waals surface area contributed by atoms with Gasteiger partial charge in [-0.3, -0.25) is 0 Å². The molecule has 144 valence electrons. The molecule has 0 radical (unpaired) electrons. The molecular formula is C20H21FN6O. The zero-order valence-corrected chi connectivity index (χ0v) is 15.5. The van der Waals surface area contributed by atoms with Crippen molar-refractivity contribution < 1.29 is 9.50 Å². The minimum absolute atomic E-state index is 0.254. The average Bonchev–Trinajstić information content (AvgIpc) is 3.30. The maximum absolute atomic E-state index is 14.3. The Hall–Kier alpha value is -3.00. The molecule has 1 aliphatic carbocycles. The first-order valence-electron chi connectivity index (χ1n) is 9.44. The summed E-state index contributed by atoms with van der Waals surface area (Å²) >= 11 is 0. The Kier molecular flexibility index (Phi) is 3.83. The first kappa shape index (κ1) is 17.1. The number of fused-ring (bicyclic) bond motifs is 2. The number of H-pyrrole nitrogens is 1. The Morgan fingerprint density at radius 2 is 2.14 bits per heavy atom. The average molecular weight is 380 g/mol. The van der Waals surface area contributed by atoms with E-state index in [1.54, 1.807) is 23.0 Å². The van der Waals surface area contributed by atoms with Crippen molar-refractivity contribution in [1.82, 2.24) is 24.3 Å². The number of anilines is 1. The van der Waals surface area contributed by atoms with E-state index in [1.165, 1.54) is 6.07 Å². The van der Waals surface area contributed by atoms with Gasteiger partial charge in [-0.2, -0.15) is 4.98 Å². The maximum Gasteiger partial charge on any atom is 0.224 e. The Morgan fingerprint density at radius 1 is 1.32 bits per heavy atom. The van der Waals surface area contributed by atoms with E-state index in [2.05, 4.69) is 25.3 Å². The third-order valence-electron chi connectivity index (χ3n) is 5.58. The molecule has 4 aromatic rings. The molecule has 4 aromatic heterocycles. The van der Waals surface area contributed by atoms with E-state index in [4.69, 9.17) is 0 Å². The summed E-state index contributed by atoms with van der Waals surface area (Å²) < 4.78 is 16.0. The number of imidazole rings is 1. The summed E-state index contributed by atoms with van der Waals surface area (Å²) in [6.07, 6.45) is 12.0. The third-order valence-corrected chi connectivity index (χ3v) is 5.58. The standard InChI is InChI=1S/C20H21FN6O/c1-20(28)4-2-13(3-5-20)25-19-24-10-15-14(9-23-17(15)26-19)12-8-16(21)18-22-6-7-27(18)11-12/h6-11,13,28H,2-5H2,1H3,(H2,23,24,25,26)/t13-,20-. The number of hydrogen-bond donors (Lipinski definition) is 3. The molecule has 1 aliphatic rings. The van der Waals surface area contributed by atoms with Crippen LogP contribution in [0, 0.1) is 5.82 Å². The largest absolute Gasteiger partial charge is 0.390 e. The molecule has 3 N–H and O–H groups in total. The van der Waals surface area contributed by atoms with Gasteiger partial charge in [-0.25, -0.2) is 14.4 Å². The van der Waals surface area contributed by atoms with Gasteiger partial charge in [-0.15, -0.1) is 0 Å². The minimum atomic E-state index is -0.567. The summed E-state index contributed by atoms with van der Waals surface area (Å²) in [5.41, 5.74) is 2.00. The van der Waals surface area contributed by atoms with Gasteiger partial charge in [0, 0.05) is 53.5 Å². The second-order valence-corrected chi connectivity index (χ2v) is 7.81. The van der Waals surface area contributed by atoms with Crippen LogP contribution in [0.5, 0.6) is 0 Å². The van der Waals surface area contributed by atoms with Crippen LogP contribution in [0.3, 0.4) is 0 Å². The predicted octanol–water partition coefficient (Wildman–Crippen LogP) is 3.52. The lowest BCUT2D eigenvalue weighted by atomic mass is 9.84. The lowest BCUT2D eigenvalue weighted by Gasteiger charge is -2.33. The van der Waals surface area contributed by atoms with Gasteiger partial charge in [0.15, 0.2) is 11.5 Å². The quantitative estimate of drug-likeness (QED) is 0.506. The van der Waals surface area contributed by atoms with E-state index in [0.717, 1.165) is 42.2 Å². The van der Waals surface area contributed by atoms with E-state index in [0.29, 0.717) is 17.2 Å². The van der Waals surface area contributed by atoms with Crippen LogP contribution < -0.4 is 5.32 Å². The van der Waals surface area contributed by atoms with E-state index >= 15 is 0 Å². The number of pyridine rings is 1. The molecule has 0 aromatic carbocycles. The molecule has 7 nitrogen and oxygen atoms in total. The number of nitrogens with one attached hydrogen (secondary N) is 2. The van der Waals surface area contributed by atoms with Gasteiger partial charge in [0.25, 0.3) is 0 Å². The Morgan fingerprint density at radius 3 is 2.96 bits per heavy atom. The summed E-state index contributed by atoms with van der Waals surface area (Å²) in [5.74, 6) is 0.188. The van der Waals surface area contributed by atoms with Crippen molar-refractivity contribution in [3.63, 3.8) is 0 Å². The molecule has 1 saturated carbocycles. The number of rotatable bonds is 3. The van der Waals surface area contributed by atoms with Gasteiger partial charge in [0.1, 0.15) is 5.65 Å². The van der Waals surface area contributed by atoms with E-state index in [1.807, 2.05) is 19.3 Å². The van der Waals surface area contributed by atoms with Crippen LogP contribution in [0.15, 0.2) is 37.1 Å².